The third-order valence-corrected chi connectivity index (χ3v) is 4.85. The summed E-state index contributed by atoms with van der Waals surface area (Å²) in [4.78, 5) is 19.2. The van der Waals surface area contributed by atoms with E-state index in [1.54, 1.807) is 0 Å². The molecule has 2 heterocycles. The molecule has 3 rings (SSSR count). The van der Waals surface area contributed by atoms with Gasteiger partial charge in [-0.05, 0) is 37.1 Å². The second kappa shape index (κ2) is 8.12. The number of ether oxygens (including phenoxy) is 1. The Morgan fingerprint density at radius 3 is 2.52 bits per heavy atom. The molecule has 1 aliphatic rings. The van der Waals surface area contributed by atoms with Crippen LogP contribution < -0.4 is 5.32 Å². The van der Waals surface area contributed by atoms with Crippen LogP contribution in [0.25, 0.3) is 0 Å². The van der Waals surface area contributed by atoms with Crippen LogP contribution >= 0.6 is 0 Å². The van der Waals surface area contributed by atoms with Crippen LogP contribution in [-0.2, 0) is 16.0 Å². The predicted molar refractivity (Wildman–Crippen MR) is 98.4 cm³/mol. The van der Waals surface area contributed by atoms with Gasteiger partial charge >= 0.3 is 5.97 Å². The van der Waals surface area contributed by atoms with Gasteiger partial charge in [0.25, 0.3) is 0 Å². The van der Waals surface area contributed by atoms with E-state index in [4.69, 9.17) is 4.74 Å². The lowest BCUT2D eigenvalue weighted by atomic mass is 9.87. The van der Waals surface area contributed by atoms with Crippen molar-refractivity contribution >= 4 is 11.7 Å². The number of hydrogen-bond acceptors (Lipinski definition) is 5. The van der Waals surface area contributed by atoms with Crippen LogP contribution in [0.3, 0.4) is 0 Å². The molecule has 5 heteroatoms. The average molecular weight is 339 g/mol. The van der Waals surface area contributed by atoms with Crippen LogP contribution in [0.2, 0.25) is 0 Å². The average Bonchev–Trinajstić information content (AvgIpc) is 2.68. The molecule has 0 atom stereocenters. The first-order chi connectivity index (χ1) is 12.2. The molecule has 1 fully saturated rings. The molecular weight excluding hydrogens is 314 g/mol. The lowest BCUT2D eigenvalue weighted by Crippen LogP contribution is -2.55. The summed E-state index contributed by atoms with van der Waals surface area (Å²) in [5.74, 6) is -0.180. The van der Waals surface area contributed by atoms with E-state index >= 15 is 0 Å². The van der Waals surface area contributed by atoms with Gasteiger partial charge < -0.3 is 15.0 Å². The van der Waals surface area contributed by atoms with Gasteiger partial charge in [0, 0.05) is 43.6 Å². The highest BCUT2D eigenvalue weighted by Gasteiger charge is 2.42. The summed E-state index contributed by atoms with van der Waals surface area (Å²) in [5.41, 5.74) is 1.42. The number of likely N-dealkylation sites (tertiary alicyclic amines) is 1. The third-order valence-electron chi connectivity index (χ3n) is 4.85. The second-order valence-electron chi connectivity index (χ2n) is 6.48. The first-order valence-electron chi connectivity index (χ1n) is 8.76. The molecule has 1 aliphatic heterocycles. The fourth-order valence-corrected chi connectivity index (χ4v) is 3.35. The molecule has 1 aromatic heterocycles. The van der Waals surface area contributed by atoms with Crippen molar-refractivity contribution in [2.75, 3.05) is 32.1 Å². The van der Waals surface area contributed by atoms with E-state index in [0.29, 0.717) is 0 Å². The maximum atomic E-state index is 12.5. The predicted octanol–water partition coefficient (Wildman–Crippen LogP) is 2.74. The number of nitrogens with zero attached hydrogens (tertiary/aromatic N) is 2. The van der Waals surface area contributed by atoms with Crippen LogP contribution in [0.15, 0.2) is 54.7 Å². The first-order valence-corrected chi connectivity index (χ1v) is 8.76. The summed E-state index contributed by atoms with van der Waals surface area (Å²) in [6.45, 7) is 2.68. The lowest BCUT2D eigenvalue weighted by Gasteiger charge is -2.40. The summed E-state index contributed by atoms with van der Waals surface area (Å²) in [6.07, 6.45) is 4.23. The topological polar surface area (TPSA) is 54.5 Å². The van der Waals surface area contributed by atoms with E-state index < -0.39 is 5.54 Å². The maximum absolute atomic E-state index is 12.5. The first kappa shape index (κ1) is 17.4. The quantitative estimate of drug-likeness (QED) is 0.820. The standard InChI is InChI=1S/C20H25N3O2/c1-25-19(24)20(22-18-8-3-2-4-9-18)11-15-23(16-12-20)14-10-17-7-5-6-13-21-17/h2-9,13,22H,10-12,14-16H2,1H3. The molecule has 5 nitrogen and oxygen atoms in total. The Morgan fingerprint density at radius 1 is 1.16 bits per heavy atom. The molecule has 0 saturated carbocycles. The van der Waals surface area contributed by atoms with Gasteiger partial charge in [-0.3, -0.25) is 4.98 Å². The summed E-state index contributed by atoms with van der Waals surface area (Å²) in [7, 11) is 1.46. The van der Waals surface area contributed by atoms with E-state index in [-0.39, 0.29) is 5.97 Å². The summed E-state index contributed by atoms with van der Waals surface area (Å²) < 4.78 is 5.10. The van der Waals surface area contributed by atoms with Crippen molar-refractivity contribution in [3.8, 4) is 0 Å². The molecule has 0 unspecified atom stereocenters. The zero-order valence-corrected chi connectivity index (χ0v) is 14.6. The van der Waals surface area contributed by atoms with Crippen molar-refractivity contribution in [1.29, 1.82) is 0 Å². The zero-order chi connectivity index (χ0) is 17.5. The van der Waals surface area contributed by atoms with E-state index in [1.807, 2.05) is 48.7 Å². The minimum absolute atomic E-state index is 0.180. The Bertz CT molecular complexity index is 668. The second-order valence-corrected chi connectivity index (χ2v) is 6.48. The third kappa shape index (κ3) is 4.37. The SMILES string of the molecule is COC(=O)C1(Nc2ccccc2)CCN(CCc2ccccn2)CC1. The number of methoxy groups -OCH3 is 1. The molecule has 1 aromatic carbocycles. The van der Waals surface area contributed by atoms with Gasteiger partial charge in [-0.15, -0.1) is 0 Å². The number of para-hydroxylation sites is 1. The van der Waals surface area contributed by atoms with Gasteiger partial charge in [0.15, 0.2) is 0 Å². The van der Waals surface area contributed by atoms with Gasteiger partial charge in [0.05, 0.1) is 7.11 Å². The highest BCUT2D eigenvalue weighted by Crippen LogP contribution is 2.28. The van der Waals surface area contributed by atoms with Gasteiger partial charge in [-0.1, -0.05) is 24.3 Å². The molecule has 132 valence electrons. The minimum Gasteiger partial charge on any atom is -0.467 e. The number of pyridine rings is 1. The Hall–Kier alpha value is -2.40. The van der Waals surface area contributed by atoms with Crippen molar-refractivity contribution in [1.82, 2.24) is 9.88 Å². The van der Waals surface area contributed by atoms with E-state index in [2.05, 4.69) is 21.3 Å². The Morgan fingerprint density at radius 2 is 1.88 bits per heavy atom. The Balaban J connectivity index is 1.60. The number of nitrogens with one attached hydrogen (secondary N) is 1. The highest BCUT2D eigenvalue weighted by atomic mass is 16.5. The van der Waals surface area contributed by atoms with Crippen LogP contribution in [0, 0.1) is 0 Å². The molecule has 25 heavy (non-hydrogen) atoms. The van der Waals surface area contributed by atoms with E-state index in [9.17, 15) is 4.79 Å². The van der Waals surface area contributed by atoms with Gasteiger partial charge in [0.1, 0.15) is 5.54 Å². The van der Waals surface area contributed by atoms with Gasteiger partial charge in [0.2, 0.25) is 0 Å². The fraction of sp³-hybridized carbons (Fsp3) is 0.400. The number of carbonyl (C=O) groups excluding carboxylic acids is 1. The van der Waals surface area contributed by atoms with Crippen molar-refractivity contribution in [3.63, 3.8) is 0 Å². The normalized spacial score (nSPS) is 17.0. The number of rotatable bonds is 6. The molecule has 1 saturated heterocycles. The summed E-state index contributed by atoms with van der Waals surface area (Å²) >= 11 is 0. The molecular formula is C20H25N3O2. The smallest absolute Gasteiger partial charge is 0.331 e. The van der Waals surface area contributed by atoms with Gasteiger partial charge in [-0.25, -0.2) is 4.79 Å². The number of anilines is 1. The molecule has 1 N–H and O–H groups in total. The Labute approximate surface area is 149 Å². The zero-order valence-electron chi connectivity index (χ0n) is 14.6. The summed E-state index contributed by atoms with van der Waals surface area (Å²) in [5, 5.41) is 3.43. The molecule has 2 aromatic rings. The van der Waals surface area contributed by atoms with Crippen molar-refractivity contribution in [3.05, 3.63) is 60.4 Å². The van der Waals surface area contributed by atoms with E-state index in [1.165, 1.54) is 7.11 Å². The molecule has 0 aliphatic carbocycles. The van der Waals surface area contributed by atoms with Crippen LogP contribution in [-0.4, -0.2) is 48.1 Å². The van der Waals surface area contributed by atoms with Crippen molar-refractivity contribution < 1.29 is 9.53 Å². The monoisotopic (exact) mass is 339 g/mol. The van der Waals surface area contributed by atoms with Crippen LogP contribution in [0.4, 0.5) is 5.69 Å². The van der Waals surface area contributed by atoms with Crippen LogP contribution in [0.1, 0.15) is 18.5 Å². The molecule has 0 spiro atoms. The minimum atomic E-state index is -0.641. The number of piperidine rings is 1. The van der Waals surface area contributed by atoms with Crippen molar-refractivity contribution in [2.24, 2.45) is 0 Å². The number of aromatic nitrogens is 1. The number of carbonyl (C=O) groups is 1. The van der Waals surface area contributed by atoms with Crippen molar-refractivity contribution in [2.45, 2.75) is 24.8 Å². The number of hydrogen-bond donors (Lipinski definition) is 1. The lowest BCUT2D eigenvalue weighted by molar-refractivity contribution is -0.147. The molecule has 0 bridgehead atoms. The molecule has 0 amide bonds. The van der Waals surface area contributed by atoms with E-state index in [0.717, 1.165) is 50.3 Å². The Kier molecular flexibility index (Phi) is 5.66. The number of esters is 1. The maximum Gasteiger partial charge on any atom is 0.331 e. The largest absolute Gasteiger partial charge is 0.467 e. The van der Waals surface area contributed by atoms with Crippen LogP contribution in [0.5, 0.6) is 0 Å². The van der Waals surface area contributed by atoms with Gasteiger partial charge in [-0.2, -0.15) is 0 Å². The number of benzene rings is 1. The molecule has 0 radical (unpaired) electrons. The fourth-order valence-electron chi connectivity index (χ4n) is 3.35. The summed E-state index contributed by atoms with van der Waals surface area (Å²) in [6, 6.07) is 15.9. The highest BCUT2D eigenvalue weighted by molar-refractivity contribution is 5.84.